The fraction of sp³-hybridized carbons (Fsp3) is 0.650. The Morgan fingerprint density at radius 1 is 1.14 bits per heavy atom. The van der Waals surface area contributed by atoms with Crippen molar-refractivity contribution in [3.05, 3.63) is 30.1 Å². The van der Waals surface area contributed by atoms with Crippen LogP contribution in [0.1, 0.15) is 12.8 Å². The molecule has 0 aliphatic carbocycles. The average Bonchev–Trinajstić information content (AvgIpc) is 2.86. The van der Waals surface area contributed by atoms with Gasteiger partial charge in [0.15, 0.2) is 0 Å². The molecule has 2 heterocycles. The molecule has 11 nitrogen and oxygen atoms in total. The van der Waals surface area contributed by atoms with Crippen molar-refractivity contribution in [2.75, 3.05) is 53.6 Å². The van der Waals surface area contributed by atoms with E-state index >= 15 is 0 Å². The third kappa shape index (κ3) is 7.19. The van der Waals surface area contributed by atoms with Crippen molar-refractivity contribution >= 4 is 23.9 Å². The van der Waals surface area contributed by atoms with Crippen LogP contribution in [-0.4, -0.2) is 95.2 Å². The van der Waals surface area contributed by atoms with Crippen molar-refractivity contribution in [2.24, 2.45) is 0 Å². The predicted molar refractivity (Wildman–Crippen MR) is 119 cm³/mol. The number of ether oxygens (including phenoxy) is 2. The maximum Gasteiger partial charge on any atom is 0.474 e. The molecule has 1 atom stereocenters. The SMILES string of the molecule is COP(=O)(OC)OC[C@@H](OC(=O)N1CCC2(CC1)CN(S(=O)(=O)c1ccc(F)cc1)CCO2)C(F)(F)F. The molecule has 0 radical (unpaired) electrons. The van der Waals surface area contributed by atoms with Crippen LogP contribution in [0.4, 0.5) is 22.4 Å². The number of hydrogen-bond acceptors (Lipinski definition) is 9. The number of hydrogen-bond donors (Lipinski definition) is 0. The van der Waals surface area contributed by atoms with Crippen LogP contribution in [0, 0.1) is 5.82 Å². The second-order valence-electron chi connectivity index (χ2n) is 8.33. The molecule has 3 rings (SSSR count). The van der Waals surface area contributed by atoms with E-state index in [1.165, 1.54) is 4.31 Å². The lowest BCUT2D eigenvalue weighted by atomic mass is 9.90. The Bertz CT molecular complexity index is 1090. The van der Waals surface area contributed by atoms with Crippen molar-refractivity contribution in [1.29, 1.82) is 0 Å². The minimum Gasteiger partial charge on any atom is -0.434 e. The maximum atomic E-state index is 13.4. The van der Waals surface area contributed by atoms with E-state index in [1.54, 1.807) is 0 Å². The quantitative estimate of drug-likeness (QED) is 0.338. The van der Waals surface area contributed by atoms with Gasteiger partial charge in [-0.3, -0.25) is 13.6 Å². The standard InChI is InChI=1S/C20H27F4N2O9PS/c1-31-36(28,32-2)34-13-17(20(22,23)24)35-18(27)25-9-7-19(8-10-25)14-26(11-12-33-19)37(29,30)16-5-3-15(21)4-6-16/h3-6,17H,7-14H2,1-2H3/t17-/m1/s1. The van der Waals surface area contributed by atoms with Gasteiger partial charge in [0.25, 0.3) is 0 Å². The van der Waals surface area contributed by atoms with Gasteiger partial charge >= 0.3 is 20.1 Å². The molecule has 0 N–H and O–H groups in total. The van der Waals surface area contributed by atoms with Crippen LogP contribution >= 0.6 is 7.82 Å². The van der Waals surface area contributed by atoms with E-state index in [0.29, 0.717) is 0 Å². The highest BCUT2D eigenvalue weighted by Crippen LogP contribution is 2.48. The molecule has 2 aliphatic heterocycles. The number of phosphoric ester groups is 1. The van der Waals surface area contributed by atoms with E-state index in [4.69, 9.17) is 4.74 Å². The van der Waals surface area contributed by atoms with E-state index < -0.39 is 54.2 Å². The summed E-state index contributed by atoms with van der Waals surface area (Å²) in [6.07, 6.45) is -8.78. The van der Waals surface area contributed by atoms with Crippen LogP contribution in [0.25, 0.3) is 0 Å². The first kappa shape index (κ1) is 29.7. The Balaban J connectivity index is 1.61. The third-order valence-electron chi connectivity index (χ3n) is 6.04. The summed E-state index contributed by atoms with van der Waals surface area (Å²) in [6, 6.07) is 4.39. The van der Waals surface area contributed by atoms with E-state index in [-0.39, 0.29) is 50.5 Å². The summed E-state index contributed by atoms with van der Waals surface area (Å²) >= 11 is 0. The number of carbonyl (C=O) groups is 1. The van der Waals surface area contributed by atoms with Gasteiger partial charge < -0.3 is 14.4 Å². The van der Waals surface area contributed by atoms with E-state index in [2.05, 4.69) is 18.3 Å². The minimum atomic E-state index is -5.03. The fourth-order valence-electron chi connectivity index (χ4n) is 3.90. The van der Waals surface area contributed by atoms with Gasteiger partial charge in [-0.2, -0.15) is 17.5 Å². The molecule has 1 amide bonds. The molecule has 0 saturated carbocycles. The topological polar surface area (TPSA) is 121 Å². The highest BCUT2D eigenvalue weighted by Gasteiger charge is 2.47. The van der Waals surface area contributed by atoms with Gasteiger partial charge in [0, 0.05) is 40.4 Å². The number of sulfonamides is 1. The smallest absolute Gasteiger partial charge is 0.434 e. The fourth-order valence-corrected chi connectivity index (χ4v) is 6.08. The maximum absolute atomic E-state index is 13.4. The zero-order valence-electron chi connectivity index (χ0n) is 20.0. The molecule has 210 valence electrons. The molecule has 17 heteroatoms. The Morgan fingerprint density at radius 3 is 2.27 bits per heavy atom. The Kier molecular flexibility index (Phi) is 9.26. The monoisotopic (exact) mass is 578 g/mol. The lowest BCUT2D eigenvalue weighted by Gasteiger charge is -2.46. The molecule has 1 spiro atoms. The molecule has 0 unspecified atom stereocenters. The highest BCUT2D eigenvalue weighted by molar-refractivity contribution is 7.89. The number of likely N-dealkylation sites (tertiary alicyclic amines) is 1. The molecular weight excluding hydrogens is 551 g/mol. The zero-order valence-corrected chi connectivity index (χ0v) is 21.7. The molecule has 1 aromatic carbocycles. The van der Waals surface area contributed by atoms with Gasteiger partial charge in [-0.1, -0.05) is 0 Å². The molecule has 2 fully saturated rings. The number of piperidine rings is 1. The van der Waals surface area contributed by atoms with Crippen molar-refractivity contribution in [3.63, 3.8) is 0 Å². The number of nitrogens with zero attached hydrogens (tertiary/aromatic N) is 2. The number of rotatable bonds is 8. The van der Waals surface area contributed by atoms with Gasteiger partial charge in [-0.15, -0.1) is 0 Å². The van der Waals surface area contributed by atoms with Crippen molar-refractivity contribution in [1.82, 2.24) is 9.21 Å². The Morgan fingerprint density at radius 2 is 1.73 bits per heavy atom. The second kappa shape index (κ2) is 11.5. The summed E-state index contributed by atoms with van der Waals surface area (Å²) in [5.74, 6) is -0.581. The van der Waals surface area contributed by atoms with E-state index in [1.807, 2.05) is 0 Å². The summed E-state index contributed by atoms with van der Waals surface area (Å²) < 4.78 is 116. The van der Waals surface area contributed by atoms with Crippen LogP contribution in [0.3, 0.4) is 0 Å². The van der Waals surface area contributed by atoms with Crippen LogP contribution in [-0.2, 0) is 37.6 Å². The Labute approximate surface area is 211 Å². The predicted octanol–water partition coefficient (Wildman–Crippen LogP) is 3.17. The highest BCUT2D eigenvalue weighted by atomic mass is 32.2. The first-order valence-electron chi connectivity index (χ1n) is 11.0. The number of alkyl halides is 3. The summed E-state index contributed by atoms with van der Waals surface area (Å²) in [7, 11) is -6.34. The minimum absolute atomic E-state index is 0.0437. The van der Waals surface area contributed by atoms with Crippen LogP contribution in [0.2, 0.25) is 0 Å². The van der Waals surface area contributed by atoms with Crippen LogP contribution < -0.4 is 0 Å². The number of benzene rings is 1. The lowest BCUT2D eigenvalue weighted by molar-refractivity contribution is -0.214. The van der Waals surface area contributed by atoms with Gasteiger partial charge in [0.1, 0.15) is 12.4 Å². The number of phosphoric acid groups is 1. The van der Waals surface area contributed by atoms with Crippen LogP contribution in [0.15, 0.2) is 29.2 Å². The van der Waals surface area contributed by atoms with Crippen molar-refractivity contribution in [2.45, 2.75) is 35.6 Å². The number of amides is 1. The summed E-state index contributed by atoms with van der Waals surface area (Å²) in [4.78, 5) is 13.4. The van der Waals surface area contributed by atoms with Gasteiger partial charge in [0.05, 0.1) is 17.1 Å². The normalized spacial score (nSPS) is 20.1. The summed E-state index contributed by atoms with van der Waals surface area (Å²) in [5, 5.41) is 0. The zero-order chi connectivity index (χ0) is 27.5. The average molecular weight is 578 g/mol. The first-order valence-corrected chi connectivity index (χ1v) is 13.9. The molecular formula is C20H27F4N2O9PS. The van der Waals surface area contributed by atoms with E-state index in [0.717, 1.165) is 43.4 Å². The molecule has 0 aromatic heterocycles. The van der Waals surface area contributed by atoms with Gasteiger partial charge in [-0.25, -0.2) is 22.2 Å². The summed E-state index contributed by atoms with van der Waals surface area (Å²) in [6.45, 7) is -1.36. The number of halogens is 4. The van der Waals surface area contributed by atoms with E-state index in [9.17, 15) is 35.3 Å². The van der Waals surface area contributed by atoms with Crippen LogP contribution in [0.5, 0.6) is 0 Å². The number of morpholine rings is 1. The molecule has 2 saturated heterocycles. The van der Waals surface area contributed by atoms with Gasteiger partial charge in [-0.05, 0) is 37.1 Å². The molecule has 0 bridgehead atoms. The third-order valence-corrected chi connectivity index (χ3v) is 9.26. The summed E-state index contributed by atoms with van der Waals surface area (Å²) in [5.41, 5.74) is -0.960. The lowest BCUT2D eigenvalue weighted by Crippen LogP contribution is -2.58. The first-order chi connectivity index (χ1) is 17.2. The largest absolute Gasteiger partial charge is 0.474 e. The number of carbonyl (C=O) groups excluding carboxylic acids is 1. The van der Waals surface area contributed by atoms with Gasteiger partial charge in [0.2, 0.25) is 16.1 Å². The van der Waals surface area contributed by atoms with Crippen molar-refractivity contribution < 1.29 is 58.4 Å². The van der Waals surface area contributed by atoms with Crippen molar-refractivity contribution in [3.8, 4) is 0 Å². The molecule has 37 heavy (non-hydrogen) atoms. The molecule has 1 aromatic rings. The Hall–Kier alpha value is -1.81. The second-order valence-corrected chi connectivity index (χ2v) is 12.2. The molecule has 2 aliphatic rings.